The van der Waals surface area contributed by atoms with Gasteiger partial charge in [-0.25, -0.2) is 4.98 Å². The summed E-state index contributed by atoms with van der Waals surface area (Å²) in [7, 11) is 3.82. The Balaban J connectivity index is 2.17. The van der Waals surface area contributed by atoms with Gasteiger partial charge in [0.15, 0.2) is 0 Å². The zero-order valence-electron chi connectivity index (χ0n) is 12.0. The molecule has 0 N–H and O–H groups in total. The first-order valence-electron chi connectivity index (χ1n) is 6.55. The fourth-order valence-electron chi connectivity index (χ4n) is 2.32. The van der Waals surface area contributed by atoms with E-state index in [1.165, 1.54) is 0 Å². The molecule has 0 bridgehead atoms. The largest absolute Gasteiger partial charge is 0.372 e. The van der Waals surface area contributed by atoms with Crippen LogP contribution in [0.5, 0.6) is 0 Å². The molecule has 1 aromatic rings. The van der Waals surface area contributed by atoms with Gasteiger partial charge in [0.2, 0.25) is 0 Å². The summed E-state index contributed by atoms with van der Waals surface area (Å²) >= 11 is 0. The molecule has 1 aliphatic heterocycles. The summed E-state index contributed by atoms with van der Waals surface area (Å²) in [5, 5.41) is 0. The number of pyridine rings is 1. The SMILES string of the molecule is C[C@H]1CN(C(=O)c2ccnc(N(C)C)c2)C[C@H](C)O1. The van der Waals surface area contributed by atoms with E-state index in [0.717, 1.165) is 5.82 Å². The molecule has 0 aliphatic carbocycles. The molecule has 0 unspecified atom stereocenters. The van der Waals surface area contributed by atoms with Crippen molar-refractivity contribution in [2.75, 3.05) is 32.1 Å². The minimum absolute atomic E-state index is 0.0486. The number of morpholine rings is 1. The summed E-state index contributed by atoms with van der Waals surface area (Å²) in [6, 6.07) is 3.59. The van der Waals surface area contributed by atoms with Crippen molar-refractivity contribution in [3.05, 3.63) is 23.9 Å². The standard InChI is InChI=1S/C14H21N3O2/c1-10-8-17(9-11(2)19-10)14(18)12-5-6-15-13(7-12)16(3)4/h5-7,10-11H,8-9H2,1-4H3/t10-,11-/m0/s1. The van der Waals surface area contributed by atoms with E-state index in [1.54, 1.807) is 12.3 Å². The minimum atomic E-state index is 0.0486. The van der Waals surface area contributed by atoms with Crippen molar-refractivity contribution in [1.29, 1.82) is 0 Å². The lowest BCUT2D eigenvalue weighted by Gasteiger charge is -2.35. The fraction of sp³-hybridized carbons (Fsp3) is 0.571. The summed E-state index contributed by atoms with van der Waals surface area (Å²) < 4.78 is 5.65. The van der Waals surface area contributed by atoms with E-state index in [-0.39, 0.29) is 18.1 Å². The maximum absolute atomic E-state index is 12.5. The monoisotopic (exact) mass is 263 g/mol. The van der Waals surface area contributed by atoms with Crippen LogP contribution in [0.3, 0.4) is 0 Å². The predicted molar refractivity (Wildman–Crippen MR) is 74.5 cm³/mol. The Morgan fingerprint density at radius 1 is 1.37 bits per heavy atom. The molecular formula is C14H21N3O2. The number of rotatable bonds is 2. The Kier molecular flexibility index (Phi) is 4.04. The topological polar surface area (TPSA) is 45.7 Å². The molecule has 2 rings (SSSR count). The molecule has 2 heterocycles. The highest BCUT2D eigenvalue weighted by Gasteiger charge is 2.26. The van der Waals surface area contributed by atoms with E-state index in [9.17, 15) is 4.79 Å². The molecule has 1 aliphatic rings. The average molecular weight is 263 g/mol. The molecule has 1 aromatic heterocycles. The van der Waals surface area contributed by atoms with Gasteiger partial charge in [0.1, 0.15) is 5.82 Å². The molecule has 0 aromatic carbocycles. The van der Waals surface area contributed by atoms with Crippen LogP contribution in [0.1, 0.15) is 24.2 Å². The number of hydrogen-bond acceptors (Lipinski definition) is 4. The van der Waals surface area contributed by atoms with Gasteiger partial charge in [-0.2, -0.15) is 0 Å². The highest BCUT2D eigenvalue weighted by atomic mass is 16.5. The van der Waals surface area contributed by atoms with Gasteiger partial charge in [-0.05, 0) is 26.0 Å². The van der Waals surface area contributed by atoms with Gasteiger partial charge in [0.05, 0.1) is 12.2 Å². The molecule has 1 saturated heterocycles. The van der Waals surface area contributed by atoms with Gasteiger partial charge >= 0.3 is 0 Å². The average Bonchev–Trinajstić information content (AvgIpc) is 2.37. The van der Waals surface area contributed by atoms with Crippen LogP contribution in [-0.4, -0.2) is 55.2 Å². The Hall–Kier alpha value is -1.62. The molecule has 1 fully saturated rings. The summed E-state index contributed by atoms with van der Waals surface area (Å²) in [6.07, 6.45) is 1.85. The van der Waals surface area contributed by atoms with Crippen molar-refractivity contribution in [3.63, 3.8) is 0 Å². The summed E-state index contributed by atoms with van der Waals surface area (Å²) in [4.78, 5) is 20.5. The summed E-state index contributed by atoms with van der Waals surface area (Å²) in [6.45, 7) is 5.27. The van der Waals surface area contributed by atoms with Crippen LogP contribution < -0.4 is 4.90 Å². The first kappa shape index (κ1) is 13.8. The lowest BCUT2D eigenvalue weighted by Crippen LogP contribution is -2.48. The molecule has 1 amide bonds. The molecular weight excluding hydrogens is 242 g/mol. The molecule has 2 atom stereocenters. The highest BCUT2D eigenvalue weighted by molar-refractivity contribution is 5.95. The maximum atomic E-state index is 12.5. The van der Waals surface area contributed by atoms with Crippen LogP contribution in [0.2, 0.25) is 0 Å². The third-order valence-corrected chi connectivity index (χ3v) is 3.16. The van der Waals surface area contributed by atoms with E-state index in [0.29, 0.717) is 18.7 Å². The number of nitrogens with zero attached hydrogens (tertiary/aromatic N) is 3. The number of anilines is 1. The Morgan fingerprint density at radius 3 is 2.58 bits per heavy atom. The number of carbonyl (C=O) groups is 1. The van der Waals surface area contributed by atoms with Gasteiger partial charge in [-0.3, -0.25) is 4.79 Å². The van der Waals surface area contributed by atoms with Gasteiger partial charge in [-0.15, -0.1) is 0 Å². The van der Waals surface area contributed by atoms with Crippen molar-refractivity contribution in [2.24, 2.45) is 0 Å². The lowest BCUT2D eigenvalue weighted by atomic mass is 10.1. The van der Waals surface area contributed by atoms with Crippen molar-refractivity contribution in [1.82, 2.24) is 9.88 Å². The van der Waals surface area contributed by atoms with Crippen LogP contribution in [0.15, 0.2) is 18.3 Å². The van der Waals surface area contributed by atoms with E-state index >= 15 is 0 Å². The van der Waals surface area contributed by atoms with Crippen molar-refractivity contribution in [2.45, 2.75) is 26.1 Å². The van der Waals surface area contributed by atoms with Gasteiger partial charge in [0.25, 0.3) is 5.91 Å². The zero-order chi connectivity index (χ0) is 14.0. The van der Waals surface area contributed by atoms with Crippen LogP contribution in [0.4, 0.5) is 5.82 Å². The van der Waals surface area contributed by atoms with E-state index in [4.69, 9.17) is 4.74 Å². The Labute approximate surface area is 114 Å². The third-order valence-electron chi connectivity index (χ3n) is 3.16. The van der Waals surface area contributed by atoms with Crippen LogP contribution in [-0.2, 0) is 4.74 Å². The quantitative estimate of drug-likeness (QED) is 0.809. The Bertz CT molecular complexity index is 452. The highest BCUT2D eigenvalue weighted by Crippen LogP contribution is 2.16. The van der Waals surface area contributed by atoms with E-state index in [1.807, 2.05) is 43.8 Å². The first-order valence-corrected chi connectivity index (χ1v) is 6.55. The number of amides is 1. The van der Waals surface area contributed by atoms with E-state index < -0.39 is 0 Å². The number of hydrogen-bond donors (Lipinski definition) is 0. The molecule has 5 nitrogen and oxygen atoms in total. The smallest absolute Gasteiger partial charge is 0.254 e. The number of aromatic nitrogens is 1. The zero-order valence-corrected chi connectivity index (χ0v) is 12.0. The number of carbonyl (C=O) groups excluding carboxylic acids is 1. The molecule has 104 valence electrons. The van der Waals surface area contributed by atoms with Gasteiger partial charge in [0, 0.05) is 38.9 Å². The van der Waals surface area contributed by atoms with E-state index in [2.05, 4.69) is 4.98 Å². The molecule has 19 heavy (non-hydrogen) atoms. The van der Waals surface area contributed by atoms with Crippen LogP contribution in [0, 0.1) is 0 Å². The molecule has 0 radical (unpaired) electrons. The van der Waals surface area contributed by atoms with Crippen LogP contribution in [0.25, 0.3) is 0 Å². The first-order chi connectivity index (χ1) is 8.97. The summed E-state index contributed by atoms with van der Waals surface area (Å²) in [5.74, 6) is 0.840. The normalized spacial score (nSPS) is 23.3. The number of ether oxygens (including phenoxy) is 1. The molecule has 5 heteroatoms. The van der Waals surface area contributed by atoms with Gasteiger partial charge < -0.3 is 14.5 Å². The second kappa shape index (κ2) is 5.57. The minimum Gasteiger partial charge on any atom is -0.372 e. The third kappa shape index (κ3) is 3.23. The Morgan fingerprint density at radius 2 is 2.00 bits per heavy atom. The maximum Gasteiger partial charge on any atom is 0.254 e. The van der Waals surface area contributed by atoms with Crippen molar-refractivity contribution < 1.29 is 9.53 Å². The van der Waals surface area contributed by atoms with Crippen LogP contribution >= 0.6 is 0 Å². The fourth-order valence-corrected chi connectivity index (χ4v) is 2.32. The lowest BCUT2D eigenvalue weighted by molar-refractivity contribution is -0.0586. The van der Waals surface area contributed by atoms with Crippen molar-refractivity contribution in [3.8, 4) is 0 Å². The predicted octanol–water partition coefficient (Wildman–Crippen LogP) is 1.40. The second-order valence-electron chi connectivity index (χ2n) is 5.26. The van der Waals surface area contributed by atoms with Crippen molar-refractivity contribution >= 4 is 11.7 Å². The molecule has 0 spiro atoms. The summed E-state index contributed by atoms with van der Waals surface area (Å²) in [5.41, 5.74) is 0.681. The van der Waals surface area contributed by atoms with Gasteiger partial charge in [-0.1, -0.05) is 0 Å². The second-order valence-corrected chi connectivity index (χ2v) is 5.26. The molecule has 0 saturated carbocycles.